The van der Waals surface area contributed by atoms with Crippen LogP contribution in [0.1, 0.15) is 31.8 Å². The van der Waals surface area contributed by atoms with E-state index in [9.17, 15) is 15.3 Å². The van der Waals surface area contributed by atoms with Crippen molar-refractivity contribution in [2.75, 3.05) is 4.90 Å². The summed E-state index contributed by atoms with van der Waals surface area (Å²) in [5.74, 6) is -0.809. The summed E-state index contributed by atoms with van der Waals surface area (Å²) in [6, 6.07) is 63.0. The molecule has 6 nitrogen and oxygen atoms in total. The first kappa shape index (κ1) is 34.2. The number of hydrogen-bond acceptors (Lipinski definition) is 4. The monoisotopic (exact) mass is 742 g/mol. The number of aromatic nitrogens is 1. The second kappa shape index (κ2) is 13.8. The van der Waals surface area contributed by atoms with Crippen molar-refractivity contribution in [2.45, 2.75) is 0 Å². The molecule has 0 spiro atoms. The molecule has 1 aliphatic heterocycles. The van der Waals surface area contributed by atoms with Crippen LogP contribution >= 0.6 is 0 Å². The number of carbonyl (C=O) groups excluding carboxylic acids is 2. The van der Waals surface area contributed by atoms with E-state index < -0.39 is 11.8 Å². The maximum atomic E-state index is 15.2. The van der Waals surface area contributed by atoms with Gasteiger partial charge in [-0.1, -0.05) is 127 Å². The quantitative estimate of drug-likeness (QED) is 0.159. The second-order valence-electron chi connectivity index (χ2n) is 14.3. The third-order valence-electron chi connectivity index (χ3n) is 11.0. The summed E-state index contributed by atoms with van der Waals surface area (Å²) < 4.78 is 2.08. The number of anilines is 1. The molecule has 10 rings (SSSR count). The van der Waals surface area contributed by atoms with Gasteiger partial charge in [0.15, 0.2) is 0 Å². The third kappa shape index (κ3) is 5.48. The predicted molar refractivity (Wildman–Crippen MR) is 230 cm³/mol. The van der Waals surface area contributed by atoms with Gasteiger partial charge in [0.05, 0.1) is 56.8 Å². The van der Waals surface area contributed by atoms with Gasteiger partial charge in [0.2, 0.25) is 0 Å². The van der Waals surface area contributed by atoms with Gasteiger partial charge < -0.3 is 4.57 Å². The molecule has 0 aliphatic carbocycles. The van der Waals surface area contributed by atoms with Crippen LogP contribution in [0.5, 0.6) is 0 Å². The molecule has 9 aromatic rings. The van der Waals surface area contributed by atoms with Gasteiger partial charge >= 0.3 is 0 Å². The Morgan fingerprint density at radius 2 is 0.862 bits per heavy atom. The molecule has 1 aromatic heterocycles. The van der Waals surface area contributed by atoms with Gasteiger partial charge in [-0.3, -0.25) is 9.59 Å². The van der Waals surface area contributed by atoms with Gasteiger partial charge in [-0.05, 0) is 93.5 Å². The second-order valence-corrected chi connectivity index (χ2v) is 14.3. The number of imide groups is 1. The Morgan fingerprint density at radius 1 is 0.379 bits per heavy atom. The topological polar surface area (TPSA) is 89.9 Å². The van der Waals surface area contributed by atoms with Crippen LogP contribution in [0.25, 0.3) is 72.0 Å². The summed E-state index contributed by atoms with van der Waals surface area (Å²) in [6.07, 6.45) is 0. The lowest BCUT2D eigenvalue weighted by molar-refractivity contribution is 0.0926. The summed E-state index contributed by atoms with van der Waals surface area (Å²) in [4.78, 5) is 31.2. The van der Waals surface area contributed by atoms with E-state index in [2.05, 4.69) is 41.0 Å². The van der Waals surface area contributed by atoms with Crippen molar-refractivity contribution in [3.8, 4) is 62.3 Å². The molecule has 270 valence electrons. The lowest BCUT2D eigenvalue weighted by atomic mass is 9.92. The molecule has 0 saturated carbocycles. The van der Waals surface area contributed by atoms with E-state index >= 15 is 4.79 Å². The normalized spacial score (nSPS) is 12.1. The van der Waals surface area contributed by atoms with Gasteiger partial charge in [0.1, 0.15) is 0 Å². The highest BCUT2D eigenvalue weighted by molar-refractivity contribution is 6.37. The summed E-state index contributed by atoms with van der Waals surface area (Å²) in [6.45, 7) is 0. The fourth-order valence-corrected chi connectivity index (χ4v) is 8.34. The molecule has 6 heteroatoms. The molecular weight excluding hydrogens is 713 g/mol. The number of rotatable bonds is 6. The summed E-state index contributed by atoms with van der Waals surface area (Å²) in [5, 5.41) is 21.3. The SMILES string of the molecule is N#Cc1cccc(-c2ccc3c4ccc(-c5cccc(C#N)c5)cc4n(-c4cccc5c4C(=O)N(c4cccc(-c6ccccc6)c4-c4ccccc4)C5=O)c3c2)c1. The van der Waals surface area contributed by atoms with E-state index in [-0.39, 0.29) is 0 Å². The number of hydrogen-bond donors (Lipinski definition) is 0. The van der Waals surface area contributed by atoms with Gasteiger partial charge in [0.25, 0.3) is 11.8 Å². The average Bonchev–Trinajstić information content (AvgIpc) is 3.75. The van der Waals surface area contributed by atoms with E-state index in [4.69, 9.17) is 0 Å². The highest BCUT2D eigenvalue weighted by Crippen LogP contribution is 2.44. The van der Waals surface area contributed by atoms with Crippen molar-refractivity contribution >= 4 is 39.3 Å². The van der Waals surface area contributed by atoms with Gasteiger partial charge in [-0.25, -0.2) is 4.90 Å². The van der Waals surface area contributed by atoms with Crippen molar-refractivity contribution < 1.29 is 9.59 Å². The molecule has 0 bridgehead atoms. The van der Waals surface area contributed by atoms with Crippen molar-refractivity contribution in [1.82, 2.24) is 4.57 Å². The molecule has 0 unspecified atom stereocenters. The standard InChI is InChI=1S/C52H30N4O2/c53-31-33-11-7-17-37(27-33)39-23-25-42-43-26-24-40(38-18-8-12-34(28-38)32-54)30-48(43)55(47(42)29-39)46-22-10-20-44-50(46)52(58)56(51(44)57)45-21-9-19-41(35-13-3-1-4-14-35)49(45)36-15-5-2-6-16-36/h1-30H. The number of fused-ring (bicyclic) bond motifs is 4. The van der Waals surface area contributed by atoms with Crippen LogP contribution in [-0.4, -0.2) is 16.4 Å². The van der Waals surface area contributed by atoms with Gasteiger partial charge in [-0.2, -0.15) is 10.5 Å². The molecule has 0 fully saturated rings. The molecule has 1 aliphatic rings. The molecule has 8 aromatic carbocycles. The number of nitrogens with zero attached hydrogens (tertiary/aromatic N) is 4. The van der Waals surface area contributed by atoms with Crippen molar-refractivity contribution in [2.24, 2.45) is 0 Å². The van der Waals surface area contributed by atoms with E-state index in [0.29, 0.717) is 33.6 Å². The van der Waals surface area contributed by atoms with Crippen molar-refractivity contribution in [3.63, 3.8) is 0 Å². The first-order chi connectivity index (χ1) is 28.5. The minimum Gasteiger partial charge on any atom is -0.308 e. The summed E-state index contributed by atoms with van der Waals surface area (Å²) in [7, 11) is 0. The molecule has 58 heavy (non-hydrogen) atoms. The van der Waals surface area contributed by atoms with Crippen LogP contribution in [0.3, 0.4) is 0 Å². The Hall–Kier alpha value is -8.32. The zero-order valence-corrected chi connectivity index (χ0v) is 30.9. The molecule has 0 radical (unpaired) electrons. The molecule has 0 N–H and O–H groups in total. The fraction of sp³-hybridized carbons (Fsp3) is 0. The third-order valence-corrected chi connectivity index (χ3v) is 11.0. The zero-order chi connectivity index (χ0) is 39.3. The highest BCUT2D eigenvalue weighted by atomic mass is 16.2. The zero-order valence-electron chi connectivity index (χ0n) is 30.9. The lowest BCUT2D eigenvalue weighted by Crippen LogP contribution is -2.30. The Kier molecular flexibility index (Phi) is 8.11. The van der Waals surface area contributed by atoms with Crippen LogP contribution in [0, 0.1) is 22.7 Å². The molecular formula is C52H30N4O2. The van der Waals surface area contributed by atoms with E-state index in [0.717, 1.165) is 66.3 Å². The summed E-state index contributed by atoms with van der Waals surface area (Å²) >= 11 is 0. The summed E-state index contributed by atoms with van der Waals surface area (Å²) in [5.41, 5.74) is 11.6. The lowest BCUT2D eigenvalue weighted by Gasteiger charge is -2.22. The number of nitriles is 2. The molecule has 2 amide bonds. The predicted octanol–water partition coefficient (Wildman–Crippen LogP) is 12.0. The molecule has 0 saturated heterocycles. The Balaban J connectivity index is 1.22. The Bertz CT molecular complexity index is 3130. The van der Waals surface area contributed by atoms with Gasteiger partial charge in [-0.15, -0.1) is 0 Å². The van der Waals surface area contributed by atoms with Gasteiger partial charge in [0, 0.05) is 16.3 Å². The van der Waals surface area contributed by atoms with Crippen LogP contribution in [0.4, 0.5) is 5.69 Å². The van der Waals surface area contributed by atoms with Crippen LogP contribution in [0.15, 0.2) is 182 Å². The van der Waals surface area contributed by atoms with E-state index in [1.807, 2.05) is 140 Å². The smallest absolute Gasteiger partial charge is 0.268 e. The fourth-order valence-electron chi connectivity index (χ4n) is 8.34. The first-order valence-corrected chi connectivity index (χ1v) is 18.9. The maximum absolute atomic E-state index is 15.2. The minimum atomic E-state index is -0.413. The minimum absolute atomic E-state index is 0.309. The largest absolute Gasteiger partial charge is 0.308 e. The van der Waals surface area contributed by atoms with Crippen molar-refractivity contribution in [1.29, 1.82) is 10.5 Å². The maximum Gasteiger partial charge on any atom is 0.268 e. The number of carbonyl (C=O) groups is 2. The van der Waals surface area contributed by atoms with Crippen LogP contribution in [-0.2, 0) is 0 Å². The van der Waals surface area contributed by atoms with E-state index in [1.165, 1.54) is 4.90 Å². The molecule has 2 heterocycles. The van der Waals surface area contributed by atoms with Crippen LogP contribution in [0.2, 0.25) is 0 Å². The average molecular weight is 743 g/mol. The number of benzene rings is 8. The Labute approximate surface area is 334 Å². The Morgan fingerprint density at radius 3 is 1.43 bits per heavy atom. The number of amides is 2. The first-order valence-electron chi connectivity index (χ1n) is 18.9. The highest BCUT2D eigenvalue weighted by Gasteiger charge is 2.41. The van der Waals surface area contributed by atoms with Crippen LogP contribution < -0.4 is 4.90 Å². The van der Waals surface area contributed by atoms with E-state index in [1.54, 1.807) is 18.2 Å². The molecule has 0 atom stereocenters. The van der Waals surface area contributed by atoms with Crippen molar-refractivity contribution in [3.05, 3.63) is 204 Å².